The SMILES string of the molecule is CCOC(=O)C1CCCN(C(=O)C(=O)Nc2ccc(N)cc2Cl)C1. The number of nitrogen functional groups attached to an aromatic ring is 1. The van der Waals surface area contributed by atoms with Crippen LogP contribution in [-0.4, -0.2) is 42.4 Å². The third kappa shape index (κ3) is 4.38. The van der Waals surface area contributed by atoms with Crippen LogP contribution in [0.4, 0.5) is 11.4 Å². The molecule has 1 heterocycles. The summed E-state index contributed by atoms with van der Waals surface area (Å²) in [6.07, 6.45) is 1.29. The number of likely N-dealkylation sites (tertiary alicyclic amines) is 1. The number of amides is 2. The number of hydrogen-bond donors (Lipinski definition) is 2. The Kier molecular flexibility index (Phi) is 6.03. The van der Waals surface area contributed by atoms with Gasteiger partial charge in [-0.1, -0.05) is 11.6 Å². The van der Waals surface area contributed by atoms with Gasteiger partial charge in [0.25, 0.3) is 0 Å². The summed E-state index contributed by atoms with van der Waals surface area (Å²) in [5.41, 5.74) is 6.35. The molecular weight excluding hydrogens is 334 g/mol. The van der Waals surface area contributed by atoms with Crippen molar-refractivity contribution in [3.63, 3.8) is 0 Å². The highest BCUT2D eigenvalue weighted by Crippen LogP contribution is 2.24. The van der Waals surface area contributed by atoms with E-state index in [2.05, 4.69) is 5.32 Å². The molecule has 1 aromatic carbocycles. The molecule has 2 amide bonds. The number of esters is 1. The topological polar surface area (TPSA) is 102 Å². The van der Waals surface area contributed by atoms with Gasteiger partial charge in [0, 0.05) is 18.8 Å². The maximum atomic E-state index is 12.3. The highest BCUT2D eigenvalue weighted by molar-refractivity contribution is 6.41. The van der Waals surface area contributed by atoms with Crippen LogP contribution in [0.5, 0.6) is 0 Å². The smallest absolute Gasteiger partial charge is 0.313 e. The molecule has 0 bridgehead atoms. The van der Waals surface area contributed by atoms with Gasteiger partial charge in [-0.2, -0.15) is 0 Å². The fraction of sp³-hybridized carbons (Fsp3) is 0.438. The summed E-state index contributed by atoms with van der Waals surface area (Å²) in [5.74, 6) is -2.23. The number of anilines is 2. The lowest BCUT2D eigenvalue weighted by Gasteiger charge is -2.31. The van der Waals surface area contributed by atoms with E-state index in [1.165, 1.54) is 17.0 Å². The van der Waals surface area contributed by atoms with Crippen LogP contribution in [0.2, 0.25) is 5.02 Å². The zero-order valence-corrected chi connectivity index (χ0v) is 14.1. The second-order valence-electron chi connectivity index (χ2n) is 5.54. The lowest BCUT2D eigenvalue weighted by atomic mass is 9.98. The Balaban J connectivity index is 1.99. The molecule has 1 saturated heterocycles. The number of halogens is 1. The third-order valence-electron chi connectivity index (χ3n) is 3.76. The molecule has 8 heteroatoms. The van der Waals surface area contributed by atoms with E-state index in [0.717, 1.165) is 0 Å². The van der Waals surface area contributed by atoms with Gasteiger partial charge in [-0.05, 0) is 38.0 Å². The Labute approximate surface area is 145 Å². The van der Waals surface area contributed by atoms with E-state index in [0.29, 0.717) is 37.4 Å². The number of ether oxygens (including phenoxy) is 1. The molecule has 1 aromatic rings. The van der Waals surface area contributed by atoms with Crippen LogP contribution in [0, 0.1) is 5.92 Å². The average molecular weight is 354 g/mol. The molecule has 2 rings (SSSR count). The van der Waals surface area contributed by atoms with Gasteiger partial charge in [0.05, 0.1) is 23.2 Å². The molecule has 130 valence electrons. The van der Waals surface area contributed by atoms with Crippen LogP contribution < -0.4 is 11.1 Å². The van der Waals surface area contributed by atoms with Gasteiger partial charge >= 0.3 is 17.8 Å². The maximum absolute atomic E-state index is 12.3. The van der Waals surface area contributed by atoms with E-state index in [9.17, 15) is 14.4 Å². The van der Waals surface area contributed by atoms with Gasteiger partial charge in [-0.15, -0.1) is 0 Å². The number of carbonyl (C=O) groups is 3. The zero-order chi connectivity index (χ0) is 17.7. The standard InChI is InChI=1S/C16H20ClN3O4/c1-2-24-16(23)10-4-3-7-20(9-10)15(22)14(21)19-13-6-5-11(18)8-12(13)17/h5-6,8,10H,2-4,7,9,18H2,1H3,(H,19,21). The Bertz CT molecular complexity index is 650. The predicted molar refractivity (Wildman–Crippen MR) is 90.4 cm³/mol. The minimum Gasteiger partial charge on any atom is -0.466 e. The zero-order valence-electron chi connectivity index (χ0n) is 13.4. The first-order valence-corrected chi connectivity index (χ1v) is 8.12. The number of hydrogen-bond acceptors (Lipinski definition) is 5. The van der Waals surface area contributed by atoms with Crippen LogP contribution in [-0.2, 0) is 19.1 Å². The van der Waals surface area contributed by atoms with Crippen molar-refractivity contribution in [2.45, 2.75) is 19.8 Å². The lowest BCUT2D eigenvalue weighted by molar-refractivity contribution is -0.153. The maximum Gasteiger partial charge on any atom is 0.313 e. The van der Waals surface area contributed by atoms with Crippen molar-refractivity contribution in [1.82, 2.24) is 4.90 Å². The molecule has 1 unspecified atom stereocenters. The summed E-state index contributed by atoms with van der Waals surface area (Å²) in [4.78, 5) is 37.6. The molecule has 0 aliphatic carbocycles. The fourth-order valence-corrected chi connectivity index (χ4v) is 2.80. The van der Waals surface area contributed by atoms with Gasteiger partial charge in [-0.25, -0.2) is 0 Å². The minimum absolute atomic E-state index is 0.181. The summed E-state index contributed by atoms with van der Waals surface area (Å²) in [5, 5.41) is 2.72. The van der Waals surface area contributed by atoms with Gasteiger partial charge in [0.2, 0.25) is 0 Å². The molecule has 0 aromatic heterocycles. The van der Waals surface area contributed by atoms with E-state index in [4.69, 9.17) is 22.1 Å². The number of benzene rings is 1. The van der Waals surface area contributed by atoms with Crippen molar-refractivity contribution < 1.29 is 19.1 Å². The summed E-state index contributed by atoms with van der Waals surface area (Å²) >= 11 is 5.98. The van der Waals surface area contributed by atoms with Crippen LogP contribution in [0.25, 0.3) is 0 Å². The molecule has 1 aliphatic heterocycles. The van der Waals surface area contributed by atoms with Crippen molar-refractivity contribution in [3.8, 4) is 0 Å². The molecule has 0 radical (unpaired) electrons. The van der Waals surface area contributed by atoms with Crippen molar-refractivity contribution >= 4 is 40.8 Å². The van der Waals surface area contributed by atoms with E-state index < -0.39 is 17.7 Å². The van der Waals surface area contributed by atoms with E-state index in [-0.39, 0.29) is 17.5 Å². The molecule has 24 heavy (non-hydrogen) atoms. The monoisotopic (exact) mass is 353 g/mol. The van der Waals surface area contributed by atoms with E-state index in [1.54, 1.807) is 13.0 Å². The van der Waals surface area contributed by atoms with Crippen LogP contribution >= 0.6 is 11.6 Å². The first-order chi connectivity index (χ1) is 11.4. The Morgan fingerprint density at radius 3 is 2.83 bits per heavy atom. The quantitative estimate of drug-likeness (QED) is 0.489. The van der Waals surface area contributed by atoms with Crippen molar-refractivity contribution in [2.24, 2.45) is 5.92 Å². The normalized spacial score (nSPS) is 17.2. The Hall–Kier alpha value is -2.28. The Morgan fingerprint density at radius 1 is 1.42 bits per heavy atom. The molecule has 1 fully saturated rings. The van der Waals surface area contributed by atoms with Crippen LogP contribution in [0.1, 0.15) is 19.8 Å². The average Bonchev–Trinajstić information content (AvgIpc) is 2.57. The van der Waals surface area contributed by atoms with Gasteiger partial charge in [0.1, 0.15) is 0 Å². The molecular formula is C16H20ClN3O4. The van der Waals surface area contributed by atoms with E-state index >= 15 is 0 Å². The number of piperidine rings is 1. The first kappa shape index (κ1) is 18.1. The Morgan fingerprint density at radius 2 is 2.17 bits per heavy atom. The van der Waals surface area contributed by atoms with Crippen molar-refractivity contribution in [1.29, 1.82) is 0 Å². The molecule has 1 atom stereocenters. The van der Waals surface area contributed by atoms with E-state index in [1.807, 2.05) is 0 Å². The fourth-order valence-electron chi connectivity index (χ4n) is 2.57. The molecule has 7 nitrogen and oxygen atoms in total. The number of nitrogens with zero attached hydrogens (tertiary/aromatic N) is 1. The second kappa shape index (κ2) is 8.01. The number of nitrogens with one attached hydrogen (secondary N) is 1. The van der Waals surface area contributed by atoms with Crippen LogP contribution in [0.3, 0.4) is 0 Å². The highest BCUT2D eigenvalue weighted by atomic mass is 35.5. The van der Waals surface area contributed by atoms with Gasteiger partial charge in [-0.3, -0.25) is 14.4 Å². The predicted octanol–water partition coefficient (Wildman–Crippen LogP) is 1.66. The third-order valence-corrected chi connectivity index (χ3v) is 4.08. The number of carbonyl (C=O) groups excluding carboxylic acids is 3. The second-order valence-corrected chi connectivity index (χ2v) is 5.94. The molecule has 3 N–H and O–H groups in total. The minimum atomic E-state index is -0.800. The summed E-state index contributed by atoms with van der Waals surface area (Å²) in [6, 6.07) is 4.59. The summed E-state index contributed by atoms with van der Waals surface area (Å²) in [7, 11) is 0. The molecule has 0 saturated carbocycles. The van der Waals surface area contributed by atoms with Crippen molar-refractivity contribution in [3.05, 3.63) is 23.2 Å². The molecule has 0 spiro atoms. The van der Waals surface area contributed by atoms with Gasteiger partial charge < -0.3 is 20.7 Å². The number of nitrogens with two attached hydrogens (primary N) is 1. The summed E-state index contributed by atoms with van der Waals surface area (Å²) in [6.45, 7) is 2.63. The first-order valence-electron chi connectivity index (χ1n) is 7.74. The van der Waals surface area contributed by atoms with Crippen molar-refractivity contribution in [2.75, 3.05) is 30.7 Å². The van der Waals surface area contributed by atoms with Gasteiger partial charge in [0.15, 0.2) is 0 Å². The summed E-state index contributed by atoms with van der Waals surface area (Å²) < 4.78 is 4.99. The number of rotatable bonds is 3. The van der Waals surface area contributed by atoms with Crippen LogP contribution in [0.15, 0.2) is 18.2 Å². The largest absolute Gasteiger partial charge is 0.466 e. The lowest BCUT2D eigenvalue weighted by Crippen LogP contribution is -2.47. The highest BCUT2D eigenvalue weighted by Gasteiger charge is 2.32. The molecule has 1 aliphatic rings.